The Bertz CT molecular complexity index is 906. The number of imidazole rings is 1. The number of ether oxygens (including phenoxy) is 1. The lowest BCUT2D eigenvalue weighted by Gasteiger charge is -2.12. The first-order valence-corrected chi connectivity index (χ1v) is 7.24. The monoisotopic (exact) mass is 331 g/mol. The summed E-state index contributed by atoms with van der Waals surface area (Å²) in [5.41, 5.74) is 7.15. The van der Waals surface area contributed by atoms with E-state index < -0.39 is 12.5 Å². The zero-order valence-electron chi connectivity index (χ0n) is 12.9. The molecule has 1 heterocycles. The average Bonchev–Trinajstić information content (AvgIpc) is 2.91. The topological polar surface area (TPSA) is 70.1 Å². The number of benzene rings is 2. The maximum Gasteiger partial charge on any atom is 0.320 e. The van der Waals surface area contributed by atoms with Gasteiger partial charge < -0.3 is 10.5 Å². The number of amides is 1. The molecule has 5 nitrogen and oxygen atoms in total. The summed E-state index contributed by atoms with van der Waals surface area (Å²) in [4.78, 5) is 15.6. The number of halogens is 2. The number of primary amides is 1. The van der Waals surface area contributed by atoms with Crippen LogP contribution in [0.4, 0.5) is 8.78 Å². The maximum atomic E-state index is 13.4. The molecule has 0 saturated carbocycles. The average molecular weight is 331 g/mol. The molecule has 24 heavy (non-hydrogen) atoms. The van der Waals surface area contributed by atoms with E-state index in [1.165, 1.54) is 0 Å². The van der Waals surface area contributed by atoms with Crippen molar-refractivity contribution in [3.05, 3.63) is 59.4 Å². The molecule has 2 N–H and O–H groups in total. The summed E-state index contributed by atoms with van der Waals surface area (Å²) in [7, 11) is 0. The number of nitrogens with zero attached hydrogens (tertiary/aromatic N) is 2. The largest absolute Gasteiger partial charge is 0.485 e. The van der Waals surface area contributed by atoms with Crippen molar-refractivity contribution in [3.63, 3.8) is 0 Å². The molecule has 3 aromatic rings. The van der Waals surface area contributed by atoms with Crippen LogP contribution < -0.4 is 10.5 Å². The normalized spacial score (nSPS) is 11.2. The van der Waals surface area contributed by atoms with E-state index in [1.807, 2.05) is 6.92 Å². The number of rotatable bonds is 5. The Hall–Kier alpha value is -2.96. The maximum absolute atomic E-state index is 13.4. The third kappa shape index (κ3) is 2.92. The summed E-state index contributed by atoms with van der Waals surface area (Å²) in [6.45, 7) is -1.13. The molecule has 3 rings (SSSR count). The quantitative estimate of drug-likeness (QED) is 0.779. The zero-order chi connectivity index (χ0) is 17.3. The van der Waals surface area contributed by atoms with E-state index in [9.17, 15) is 13.6 Å². The lowest BCUT2D eigenvalue weighted by molar-refractivity contribution is 0.0675. The highest BCUT2D eigenvalue weighted by Crippen LogP contribution is 2.25. The Balaban J connectivity index is 1.96. The van der Waals surface area contributed by atoms with Crippen LogP contribution in [0.1, 0.15) is 28.3 Å². The van der Waals surface area contributed by atoms with Gasteiger partial charge in [0.2, 0.25) is 0 Å². The molecule has 1 amide bonds. The number of aryl methyl sites for hydroxylation is 1. The number of hydrogen-bond donors (Lipinski definition) is 1. The second-order valence-corrected chi connectivity index (χ2v) is 5.32. The van der Waals surface area contributed by atoms with Crippen molar-refractivity contribution in [2.45, 2.75) is 20.1 Å². The molecule has 124 valence electrons. The van der Waals surface area contributed by atoms with Gasteiger partial charge >= 0.3 is 6.55 Å². The Morgan fingerprint density at radius 3 is 2.75 bits per heavy atom. The van der Waals surface area contributed by atoms with Crippen LogP contribution in [0.2, 0.25) is 0 Å². The molecule has 0 unspecified atom stereocenters. The van der Waals surface area contributed by atoms with E-state index in [-0.39, 0.29) is 23.7 Å². The smallest absolute Gasteiger partial charge is 0.320 e. The van der Waals surface area contributed by atoms with E-state index in [1.54, 1.807) is 42.5 Å². The third-order valence-electron chi connectivity index (χ3n) is 3.62. The van der Waals surface area contributed by atoms with Gasteiger partial charge in [-0.2, -0.15) is 8.78 Å². The predicted molar refractivity (Wildman–Crippen MR) is 85.0 cm³/mol. The van der Waals surface area contributed by atoms with Gasteiger partial charge in [0, 0.05) is 0 Å². The number of carbonyl (C=O) groups excluding carboxylic acids is 1. The van der Waals surface area contributed by atoms with Crippen LogP contribution in [0, 0.1) is 6.92 Å². The summed E-state index contributed by atoms with van der Waals surface area (Å²) >= 11 is 0. The van der Waals surface area contributed by atoms with Crippen LogP contribution >= 0.6 is 0 Å². The van der Waals surface area contributed by atoms with Gasteiger partial charge in [0.25, 0.3) is 5.91 Å². The zero-order valence-corrected chi connectivity index (χ0v) is 12.9. The molecule has 0 aliphatic heterocycles. The molecular formula is C17H15F2N3O2. The van der Waals surface area contributed by atoms with Gasteiger partial charge in [0.15, 0.2) is 5.82 Å². The fraction of sp³-hybridized carbons (Fsp3) is 0.176. The molecule has 0 atom stereocenters. The van der Waals surface area contributed by atoms with Crippen molar-refractivity contribution in [2.75, 3.05) is 0 Å². The third-order valence-corrected chi connectivity index (χ3v) is 3.62. The summed E-state index contributed by atoms with van der Waals surface area (Å²) in [5.74, 6) is -0.328. The second kappa shape index (κ2) is 6.27. The molecule has 0 bridgehead atoms. The highest BCUT2D eigenvalue weighted by molar-refractivity contribution is 5.95. The first-order chi connectivity index (χ1) is 11.5. The van der Waals surface area contributed by atoms with Crippen molar-refractivity contribution in [1.82, 2.24) is 9.55 Å². The second-order valence-electron chi connectivity index (χ2n) is 5.32. The molecule has 0 saturated heterocycles. The first kappa shape index (κ1) is 15.9. The minimum atomic E-state index is -2.75. The van der Waals surface area contributed by atoms with E-state index >= 15 is 0 Å². The molecule has 7 heteroatoms. The lowest BCUT2D eigenvalue weighted by atomic mass is 10.1. The standard InChI is InChI=1S/C17H15F2N3O2/c1-10-6-7-11(16(20)23)14(8-10)24-9-15-21-12-4-2-3-5-13(12)22(15)17(18)19/h2-8,17H,9H2,1H3,(H2,20,23). The molecule has 1 aromatic heterocycles. The van der Waals surface area contributed by atoms with Crippen LogP contribution in [-0.4, -0.2) is 15.5 Å². The molecular weight excluding hydrogens is 316 g/mol. The van der Waals surface area contributed by atoms with Crippen LogP contribution in [0.25, 0.3) is 11.0 Å². The minimum Gasteiger partial charge on any atom is -0.485 e. The van der Waals surface area contributed by atoms with Crippen LogP contribution in [0.3, 0.4) is 0 Å². The van der Waals surface area contributed by atoms with Crippen molar-refractivity contribution in [1.29, 1.82) is 0 Å². The van der Waals surface area contributed by atoms with Gasteiger partial charge in [0.1, 0.15) is 12.4 Å². The summed E-state index contributed by atoms with van der Waals surface area (Å²) in [6.07, 6.45) is 0. The molecule has 0 aliphatic rings. The number of para-hydroxylation sites is 2. The fourth-order valence-corrected chi connectivity index (χ4v) is 2.51. The number of hydrogen-bond acceptors (Lipinski definition) is 3. The Kier molecular flexibility index (Phi) is 4.16. The van der Waals surface area contributed by atoms with E-state index in [4.69, 9.17) is 10.5 Å². The van der Waals surface area contributed by atoms with Gasteiger partial charge in [-0.05, 0) is 36.8 Å². The summed E-state index contributed by atoms with van der Waals surface area (Å²) in [5, 5.41) is 0. The number of alkyl halides is 2. The Morgan fingerprint density at radius 1 is 1.29 bits per heavy atom. The van der Waals surface area contributed by atoms with Gasteiger partial charge in [0.05, 0.1) is 16.6 Å². The van der Waals surface area contributed by atoms with Crippen LogP contribution in [-0.2, 0) is 6.61 Å². The Labute approximate surface area is 136 Å². The van der Waals surface area contributed by atoms with Crippen molar-refractivity contribution in [2.24, 2.45) is 5.73 Å². The number of nitrogens with two attached hydrogens (primary N) is 1. The number of carbonyl (C=O) groups is 1. The van der Waals surface area contributed by atoms with Crippen LogP contribution in [0.5, 0.6) is 5.75 Å². The first-order valence-electron chi connectivity index (χ1n) is 7.24. The van der Waals surface area contributed by atoms with E-state index in [0.29, 0.717) is 11.0 Å². The summed E-state index contributed by atoms with van der Waals surface area (Å²) < 4.78 is 33.1. The van der Waals surface area contributed by atoms with Crippen LogP contribution in [0.15, 0.2) is 42.5 Å². The Morgan fingerprint density at radius 2 is 2.04 bits per heavy atom. The van der Waals surface area contributed by atoms with Crippen molar-refractivity contribution >= 4 is 16.9 Å². The highest BCUT2D eigenvalue weighted by atomic mass is 19.3. The van der Waals surface area contributed by atoms with Gasteiger partial charge in [-0.15, -0.1) is 0 Å². The number of aromatic nitrogens is 2. The number of fused-ring (bicyclic) bond motifs is 1. The van der Waals surface area contributed by atoms with Gasteiger partial charge in [-0.25, -0.2) is 4.98 Å². The minimum absolute atomic E-state index is 0.0723. The SMILES string of the molecule is Cc1ccc(C(N)=O)c(OCc2nc3ccccc3n2C(F)F)c1. The van der Waals surface area contributed by atoms with Gasteiger partial charge in [-0.3, -0.25) is 9.36 Å². The summed E-state index contributed by atoms with van der Waals surface area (Å²) in [6, 6.07) is 11.5. The predicted octanol–water partition coefficient (Wildman–Crippen LogP) is 3.42. The molecule has 0 fully saturated rings. The highest BCUT2D eigenvalue weighted by Gasteiger charge is 2.18. The lowest BCUT2D eigenvalue weighted by Crippen LogP contribution is -2.14. The van der Waals surface area contributed by atoms with Crippen molar-refractivity contribution in [3.8, 4) is 5.75 Å². The van der Waals surface area contributed by atoms with Crippen molar-refractivity contribution < 1.29 is 18.3 Å². The van der Waals surface area contributed by atoms with E-state index in [2.05, 4.69) is 4.98 Å². The molecule has 0 radical (unpaired) electrons. The van der Waals surface area contributed by atoms with E-state index in [0.717, 1.165) is 10.1 Å². The van der Waals surface area contributed by atoms with Gasteiger partial charge in [-0.1, -0.05) is 18.2 Å². The molecule has 0 spiro atoms. The molecule has 0 aliphatic carbocycles. The molecule has 2 aromatic carbocycles. The fourth-order valence-electron chi connectivity index (χ4n) is 2.51.